The maximum atomic E-state index is 10.8. The van der Waals surface area contributed by atoms with E-state index in [0.717, 1.165) is 33.3 Å². The van der Waals surface area contributed by atoms with Crippen molar-refractivity contribution in [2.24, 2.45) is 0 Å². The molecule has 0 fully saturated rings. The van der Waals surface area contributed by atoms with E-state index in [-0.39, 0.29) is 10.6 Å². The number of hydrogen-bond donors (Lipinski definition) is 0. The summed E-state index contributed by atoms with van der Waals surface area (Å²) in [5.41, 5.74) is 4.80. The summed E-state index contributed by atoms with van der Waals surface area (Å²) in [5, 5.41) is 11.9. The predicted octanol–water partition coefficient (Wildman–Crippen LogP) is 4.43. The van der Waals surface area contributed by atoms with E-state index in [1.807, 2.05) is 44.2 Å². The van der Waals surface area contributed by atoms with Gasteiger partial charge in [-0.3, -0.25) is 10.1 Å². The highest BCUT2D eigenvalue weighted by Crippen LogP contribution is 2.27. The van der Waals surface area contributed by atoms with Crippen LogP contribution in [0.5, 0.6) is 0 Å². The van der Waals surface area contributed by atoms with Crippen LogP contribution in [-0.4, -0.2) is 9.91 Å². The highest BCUT2D eigenvalue weighted by molar-refractivity contribution is 5.84. The number of aryl methyl sites for hydroxylation is 2. The van der Waals surface area contributed by atoms with Gasteiger partial charge in [-0.2, -0.15) is 0 Å². The van der Waals surface area contributed by atoms with Gasteiger partial charge in [-0.25, -0.2) is 4.98 Å². The van der Waals surface area contributed by atoms with Crippen LogP contribution >= 0.6 is 0 Å². The Hall–Kier alpha value is -2.75. The summed E-state index contributed by atoms with van der Waals surface area (Å²) < 4.78 is 0. The third-order valence-electron chi connectivity index (χ3n) is 3.62. The average molecular weight is 278 g/mol. The van der Waals surface area contributed by atoms with Crippen molar-refractivity contribution in [3.05, 3.63) is 69.8 Å². The molecule has 0 saturated carbocycles. The molecule has 0 aliphatic rings. The quantitative estimate of drug-likeness (QED) is 0.514. The zero-order valence-electron chi connectivity index (χ0n) is 11.8. The van der Waals surface area contributed by atoms with Crippen LogP contribution in [0.25, 0.3) is 22.2 Å². The molecule has 0 atom stereocenters. The van der Waals surface area contributed by atoms with Gasteiger partial charge in [-0.05, 0) is 37.1 Å². The zero-order chi connectivity index (χ0) is 15.0. The lowest BCUT2D eigenvalue weighted by atomic mass is 10.0. The third-order valence-corrected chi connectivity index (χ3v) is 3.62. The number of nitro benzene ring substituents is 1. The minimum atomic E-state index is -0.380. The number of non-ortho nitro benzene ring substituents is 1. The topological polar surface area (TPSA) is 56.0 Å². The van der Waals surface area contributed by atoms with Crippen molar-refractivity contribution in [1.82, 2.24) is 4.98 Å². The van der Waals surface area contributed by atoms with Crippen molar-refractivity contribution in [2.45, 2.75) is 13.8 Å². The highest BCUT2D eigenvalue weighted by Gasteiger charge is 2.11. The number of hydrogen-bond acceptors (Lipinski definition) is 3. The molecule has 2 aromatic carbocycles. The molecule has 4 nitrogen and oxygen atoms in total. The summed E-state index contributed by atoms with van der Waals surface area (Å²) in [6.45, 7) is 3.90. The van der Waals surface area contributed by atoms with E-state index in [0.29, 0.717) is 0 Å². The lowest BCUT2D eigenvalue weighted by molar-refractivity contribution is -0.384. The summed E-state index contributed by atoms with van der Waals surface area (Å²) in [4.78, 5) is 15.1. The van der Waals surface area contributed by atoms with Crippen molar-refractivity contribution in [3.63, 3.8) is 0 Å². The second-order valence-electron chi connectivity index (χ2n) is 5.10. The summed E-state index contributed by atoms with van der Waals surface area (Å²) in [6.07, 6.45) is 0. The molecule has 1 heterocycles. The molecule has 3 aromatic rings. The van der Waals surface area contributed by atoms with Crippen molar-refractivity contribution < 1.29 is 4.92 Å². The van der Waals surface area contributed by atoms with Gasteiger partial charge in [0.05, 0.1) is 16.1 Å². The number of para-hydroxylation sites is 1. The zero-order valence-corrected chi connectivity index (χ0v) is 11.8. The maximum Gasteiger partial charge on any atom is 0.269 e. The Balaban J connectivity index is 2.16. The minimum absolute atomic E-state index is 0.105. The molecule has 0 amide bonds. The number of benzene rings is 2. The van der Waals surface area contributed by atoms with Crippen molar-refractivity contribution in [3.8, 4) is 11.3 Å². The number of pyridine rings is 1. The Bertz CT molecular complexity index is 857. The number of nitro groups is 1. The van der Waals surface area contributed by atoms with Crippen LogP contribution in [0.3, 0.4) is 0 Å². The molecule has 3 rings (SSSR count). The SMILES string of the molecule is Cc1cc([N+](=O)[O-])ccc1-c1ccc2cccc(C)c2n1. The maximum absolute atomic E-state index is 10.8. The van der Waals surface area contributed by atoms with E-state index >= 15 is 0 Å². The molecule has 1 aromatic heterocycles. The van der Waals surface area contributed by atoms with Gasteiger partial charge >= 0.3 is 0 Å². The second kappa shape index (κ2) is 4.98. The van der Waals surface area contributed by atoms with Gasteiger partial charge in [0.1, 0.15) is 0 Å². The lowest BCUT2D eigenvalue weighted by Crippen LogP contribution is -1.93. The Morgan fingerprint density at radius 1 is 1.00 bits per heavy atom. The molecule has 104 valence electrons. The minimum Gasteiger partial charge on any atom is -0.258 e. The Labute approximate surface area is 122 Å². The standard InChI is InChI=1S/C17H14N2O2/c1-11-4-3-5-13-6-9-16(18-17(11)13)15-8-7-14(19(20)21)10-12(15)2/h3-10H,1-2H3. The highest BCUT2D eigenvalue weighted by atomic mass is 16.6. The molecular weight excluding hydrogens is 264 g/mol. The first-order valence-electron chi connectivity index (χ1n) is 6.68. The largest absolute Gasteiger partial charge is 0.269 e. The Morgan fingerprint density at radius 2 is 1.81 bits per heavy atom. The van der Waals surface area contributed by atoms with Crippen LogP contribution in [0.1, 0.15) is 11.1 Å². The van der Waals surface area contributed by atoms with E-state index in [2.05, 4.69) is 0 Å². The van der Waals surface area contributed by atoms with Crippen LogP contribution in [0.4, 0.5) is 5.69 Å². The Kier molecular flexibility index (Phi) is 3.14. The lowest BCUT2D eigenvalue weighted by Gasteiger charge is -2.08. The monoisotopic (exact) mass is 278 g/mol. The fourth-order valence-electron chi connectivity index (χ4n) is 2.49. The first-order chi connectivity index (χ1) is 10.1. The number of fused-ring (bicyclic) bond motifs is 1. The van der Waals surface area contributed by atoms with Gasteiger partial charge < -0.3 is 0 Å². The van der Waals surface area contributed by atoms with Gasteiger partial charge in [-0.1, -0.05) is 24.3 Å². The molecule has 0 spiro atoms. The van der Waals surface area contributed by atoms with Crippen molar-refractivity contribution in [2.75, 3.05) is 0 Å². The van der Waals surface area contributed by atoms with Crippen LogP contribution in [0, 0.1) is 24.0 Å². The molecule has 0 radical (unpaired) electrons. The molecule has 0 N–H and O–H groups in total. The summed E-state index contributed by atoms with van der Waals surface area (Å²) >= 11 is 0. The number of rotatable bonds is 2. The third kappa shape index (κ3) is 2.36. The molecular formula is C17H14N2O2. The molecule has 0 unspecified atom stereocenters. The molecule has 0 aliphatic carbocycles. The van der Waals surface area contributed by atoms with Gasteiger partial charge in [0.2, 0.25) is 0 Å². The van der Waals surface area contributed by atoms with Gasteiger partial charge in [0.25, 0.3) is 5.69 Å². The first-order valence-corrected chi connectivity index (χ1v) is 6.68. The van der Waals surface area contributed by atoms with E-state index in [9.17, 15) is 10.1 Å². The summed E-state index contributed by atoms with van der Waals surface area (Å²) in [5.74, 6) is 0. The van der Waals surface area contributed by atoms with Gasteiger partial charge in [-0.15, -0.1) is 0 Å². The van der Waals surface area contributed by atoms with E-state index in [4.69, 9.17) is 4.98 Å². The van der Waals surface area contributed by atoms with Crippen molar-refractivity contribution in [1.29, 1.82) is 0 Å². The molecule has 0 saturated heterocycles. The van der Waals surface area contributed by atoms with Crippen molar-refractivity contribution >= 4 is 16.6 Å². The predicted molar refractivity (Wildman–Crippen MR) is 83.3 cm³/mol. The molecule has 0 aliphatic heterocycles. The van der Waals surface area contributed by atoms with Crippen LogP contribution in [0.2, 0.25) is 0 Å². The molecule has 0 bridgehead atoms. The number of aromatic nitrogens is 1. The smallest absolute Gasteiger partial charge is 0.258 e. The van der Waals surface area contributed by atoms with E-state index < -0.39 is 0 Å². The molecule has 4 heteroatoms. The van der Waals surface area contributed by atoms with Crippen LogP contribution < -0.4 is 0 Å². The average Bonchev–Trinajstić information content (AvgIpc) is 2.47. The van der Waals surface area contributed by atoms with Crippen LogP contribution in [0.15, 0.2) is 48.5 Å². The second-order valence-corrected chi connectivity index (χ2v) is 5.10. The van der Waals surface area contributed by atoms with Gasteiger partial charge in [0.15, 0.2) is 0 Å². The normalized spacial score (nSPS) is 10.8. The molecule has 21 heavy (non-hydrogen) atoms. The Morgan fingerprint density at radius 3 is 2.52 bits per heavy atom. The van der Waals surface area contributed by atoms with E-state index in [1.165, 1.54) is 6.07 Å². The fraction of sp³-hybridized carbons (Fsp3) is 0.118. The summed E-state index contributed by atoms with van der Waals surface area (Å²) in [6, 6.07) is 14.9. The summed E-state index contributed by atoms with van der Waals surface area (Å²) in [7, 11) is 0. The van der Waals surface area contributed by atoms with Crippen LogP contribution in [-0.2, 0) is 0 Å². The first kappa shape index (κ1) is 13.2. The van der Waals surface area contributed by atoms with E-state index in [1.54, 1.807) is 12.1 Å². The van der Waals surface area contributed by atoms with Gasteiger partial charge in [0, 0.05) is 23.1 Å². The fourth-order valence-corrected chi connectivity index (χ4v) is 2.49. The number of nitrogens with zero attached hydrogens (tertiary/aromatic N) is 2.